The summed E-state index contributed by atoms with van der Waals surface area (Å²) in [6.45, 7) is 0. The first-order valence-corrected chi connectivity index (χ1v) is 7.83. The molecule has 1 aliphatic rings. The van der Waals surface area contributed by atoms with Crippen molar-refractivity contribution < 1.29 is 13.2 Å². The molecule has 1 unspecified atom stereocenters. The lowest BCUT2D eigenvalue weighted by Gasteiger charge is -2.12. The number of amidine groups is 1. The number of nitrogens with zero attached hydrogens (tertiary/aromatic N) is 2. The quantitative estimate of drug-likeness (QED) is 0.636. The van der Waals surface area contributed by atoms with Crippen LogP contribution in [0.1, 0.15) is 23.7 Å². The number of H-pyrrole nitrogens is 1. The Bertz CT molecular complexity index is 778. The zero-order chi connectivity index (χ0) is 16.6. The Morgan fingerprint density at radius 2 is 1.91 bits per heavy atom. The van der Waals surface area contributed by atoms with E-state index in [1.807, 2.05) is 6.07 Å². The minimum Gasteiger partial charge on any atom is -0.356 e. The topological polar surface area (TPSA) is 40.5 Å². The zero-order valence-corrected chi connectivity index (χ0v) is 13.9. The molecule has 0 spiro atoms. The smallest absolute Gasteiger partial charge is 0.356 e. The van der Waals surface area contributed by atoms with Crippen LogP contribution in [0.3, 0.4) is 0 Å². The number of aromatic nitrogens is 1. The second kappa shape index (κ2) is 6.13. The monoisotopic (exact) mass is 403 g/mol. The summed E-state index contributed by atoms with van der Waals surface area (Å²) in [5, 5.41) is 0.179. The second-order valence-electron chi connectivity index (χ2n) is 4.98. The molecule has 0 saturated heterocycles. The third-order valence-corrected chi connectivity index (χ3v) is 4.29. The van der Waals surface area contributed by atoms with Gasteiger partial charge in [-0.05, 0) is 51.3 Å². The van der Waals surface area contributed by atoms with E-state index in [1.54, 1.807) is 6.21 Å². The number of rotatable bonds is 2. The molecule has 1 aliphatic heterocycles. The van der Waals surface area contributed by atoms with Gasteiger partial charge < -0.3 is 4.98 Å². The molecule has 3 rings (SSSR count). The molecule has 0 bridgehead atoms. The summed E-state index contributed by atoms with van der Waals surface area (Å²) >= 11 is 9.26. The predicted octanol–water partition coefficient (Wildman–Crippen LogP) is 5.57. The first kappa shape index (κ1) is 16.3. The Balaban J connectivity index is 1.90. The Morgan fingerprint density at radius 1 is 1.22 bits per heavy atom. The van der Waals surface area contributed by atoms with E-state index in [0.717, 1.165) is 22.3 Å². The van der Waals surface area contributed by atoms with Gasteiger partial charge in [0.2, 0.25) is 5.29 Å². The molecule has 120 valence electrons. The Kier molecular flexibility index (Phi) is 4.33. The Morgan fingerprint density at radius 3 is 2.52 bits per heavy atom. The molecule has 1 atom stereocenters. The van der Waals surface area contributed by atoms with Crippen LogP contribution in [0.15, 0.2) is 44.8 Å². The van der Waals surface area contributed by atoms with Crippen LogP contribution in [0.2, 0.25) is 0 Å². The fourth-order valence-corrected chi connectivity index (χ4v) is 3.09. The number of benzene rings is 1. The molecule has 0 radical (unpaired) electrons. The van der Waals surface area contributed by atoms with Crippen LogP contribution >= 0.6 is 27.5 Å². The molecular weight excluding hydrogens is 395 g/mol. The highest BCUT2D eigenvalue weighted by molar-refractivity contribution is 9.10. The molecule has 23 heavy (non-hydrogen) atoms. The van der Waals surface area contributed by atoms with Crippen molar-refractivity contribution in [3.8, 4) is 11.3 Å². The van der Waals surface area contributed by atoms with Crippen molar-refractivity contribution in [3.05, 3.63) is 46.1 Å². The third kappa shape index (κ3) is 3.50. The average Bonchev–Trinajstić information content (AvgIpc) is 2.88. The van der Waals surface area contributed by atoms with Crippen LogP contribution in [0.5, 0.6) is 0 Å². The van der Waals surface area contributed by atoms with Gasteiger partial charge in [-0.1, -0.05) is 12.1 Å². The number of hydrogen-bond donors (Lipinski definition) is 1. The number of aliphatic imine (C=N–C) groups is 2. The first-order chi connectivity index (χ1) is 10.8. The summed E-state index contributed by atoms with van der Waals surface area (Å²) in [4.78, 5) is 11.3. The highest BCUT2D eigenvalue weighted by Crippen LogP contribution is 2.35. The lowest BCUT2D eigenvalue weighted by Crippen LogP contribution is -2.05. The van der Waals surface area contributed by atoms with E-state index in [4.69, 9.17) is 11.6 Å². The minimum atomic E-state index is -4.34. The number of alkyl halides is 3. The molecular formula is C15H10BrClF3N3. The summed E-state index contributed by atoms with van der Waals surface area (Å²) < 4.78 is 38.6. The lowest BCUT2D eigenvalue weighted by molar-refractivity contribution is -0.137. The third-order valence-electron chi connectivity index (χ3n) is 3.44. The average molecular weight is 405 g/mol. The van der Waals surface area contributed by atoms with Gasteiger partial charge >= 0.3 is 6.18 Å². The highest BCUT2D eigenvalue weighted by Gasteiger charge is 2.30. The van der Waals surface area contributed by atoms with Crippen molar-refractivity contribution >= 4 is 39.0 Å². The maximum Gasteiger partial charge on any atom is 0.416 e. The molecule has 1 aromatic heterocycles. The molecule has 0 fully saturated rings. The van der Waals surface area contributed by atoms with E-state index in [-0.39, 0.29) is 11.3 Å². The SMILES string of the molecule is FC(F)(F)c1ccc(-c2cc(Br)c(C3CC=NC(Cl)=N3)[nH]2)cc1. The van der Waals surface area contributed by atoms with Crippen LogP contribution in [-0.2, 0) is 6.18 Å². The summed E-state index contributed by atoms with van der Waals surface area (Å²) in [6, 6.07) is 6.61. The Hall–Kier alpha value is -1.60. The highest BCUT2D eigenvalue weighted by atomic mass is 79.9. The van der Waals surface area contributed by atoms with Crippen molar-refractivity contribution in [2.45, 2.75) is 18.6 Å². The van der Waals surface area contributed by atoms with Crippen LogP contribution < -0.4 is 0 Å². The largest absolute Gasteiger partial charge is 0.416 e. The molecule has 2 heterocycles. The number of nitrogens with one attached hydrogen (secondary N) is 1. The van der Waals surface area contributed by atoms with Crippen LogP contribution in [0, 0.1) is 0 Å². The zero-order valence-electron chi connectivity index (χ0n) is 11.5. The molecule has 1 N–H and O–H groups in total. The van der Waals surface area contributed by atoms with E-state index in [9.17, 15) is 13.2 Å². The van der Waals surface area contributed by atoms with Crippen LogP contribution in [0.25, 0.3) is 11.3 Å². The molecule has 2 aromatic rings. The molecule has 3 nitrogen and oxygen atoms in total. The van der Waals surface area contributed by atoms with Gasteiger partial charge in [-0.2, -0.15) is 13.2 Å². The normalized spacial score (nSPS) is 18.1. The fraction of sp³-hybridized carbons (Fsp3) is 0.200. The van der Waals surface area contributed by atoms with Gasteiger partial charge in [0, 0.05) is 22.8 Å². The summed E-state index contributed by atoms with van der Waals surface area (Å²) in [6.07, 6.45) is -2.06. The maximum absolute atomic E-state index is 12.6. The fourth-order valence-electron chi connectivity index (χ4n) is 2.31. The lowest BCUT2D eigenvalue weighted by atomic mass is 10.1. The molecule has 8 heteroatoms. The standard InChI is InChI=1S/C15H10BrClF3N3/c16-10-7-12(8-1-3-9(4-2-8)15(18,19)20)22-13(10)11-5-6-21-14(17)23-11/h1-4,6-7,11,22H,5H2. The molecule has 0 saturated carbocycles. The van der Waals surface area contributed by atoms with Gasteiger partial charge in [-0.3, -0.25) is 0 Å². The van der Waals surface area contributed by atoms with Crippen molar-refractivity contribution in [3.63, 3.8) is 0 Å². The molecule has 0 amide bonds. The maximum atomic E-state index is 12.6. The predicted molar refractivity (Wildman–Crippen MR) is 88.1 cm³/mol. The van der Waals surface area contributed by atoms with Crippen molar-refractivity contribution in [2.75, 3.05) is 0 Å². The van der Waals surface area contributed by atoms with Gasteiger partial charge in [-0.15, -0.1) is 0 Å². The van der Waals surface area contributed by atoms with Gasteiger partial charge in [0.15, 0.2) is 0 Å². The summed E-state index contributed by atoms with van der Waals surface area (Å²) in [5.74, 6) is 0. The number of hydrogen-bond acceptors (Lipinski definition) is 2. The van der Waals surface area contributed by atoms with E-state index < -0.39 is 11.7 Å². The van der Waals surface area contributed by atoms with Gasteiger partial charge in [-0.25, -0.2) is 9.98 Å². The van der Waals surface area contributed by atoms with Gasteiger partial charge in [0.1, 0.15) is 0 Å². The molecule has 1 aromatic carbocycles. The van der Waals surface area contributed by atoms with E-state index in [0.29, 0.717) is 17.7 Å². The van der Waals surface area contributed by atoms with Gasteiger partial charge in [0.05, 0.1) is 17.3 Å². The van der Waals surface area contributed by atoms with E-state index >= 15 is 0 Å². The van der Waals surface area contributed by atoms with Crippen molar-refractivity contribution in [1.82, 2.24) is 4.98 Å². The Labute approximate surface area is 143 Å². The number of halogens is 5. The van der Waals surface area contributed by atoms with Crippen LogP contribution in [0.4, 0.5) is 13.2 Å². The summed E-state index contributed by atoms with van der Waals surface area (Å²) in [7, 11) is 0. The van der Waals surface area contributed by atoms with E-state index in [1.165, 1.54) is 12.1 Å². The minimum absolute atomic E-state index is 0.179. The molecule has 0 aliphatic carbocycles. The van der Waals surface area contributed by atoms with Gasteiger partial charge in [0.25, 0.3) is 0 Å². The first-order valence-electron chi connectivity index (χ1n) is 6.66. The van der Waals surface area contributed by atoms with Crippen molar-refractivity contribution in [2.24, 2.45) is 9.98 Å². The van der Waals surface area contributed by atoms with E-state index in [2.05, 4.69) is 30.9 Å². The second-order valence-corrected chi connectivity index (χ2v) is 6.17. The van der Waals surface area contributed by atoms with Crippen LogP contribution in [-0.4, -0.2) is 16.5 Å². The number of aromatic amines is 1. The van der Waals surface area contributed by atoms with Crippen molar-refractivity contribution in [1.29, 1.82) is 0 Å². The summed E-state index contributed by atoms with van der Waals surface area (Å²) in [5.41, 5.74) is 1.50.